The Hall–Kier alpha value is -3.96. The van der Waals surface area contributed by atoms with Gasteiger partial charge in [0.25, 0.3) is 0 Å². The maximum absolute atomic E-state index is 13.8. The molecular weight excluding hydrogens is 640 g/mol. The van der Waals surface area contributed by atoms with Crippen molar-refractivity contribution in [2.24, 2.45) is 0 Å². The molecule has 1 atom stereocenters. The number of alkyl halides is 14. The van der Waals surface area contributed by atoms with E-state index in [0.29, 0.717) is 24.3 Å². The van der Waals surface area contributed by atoms with Crippen molar-refractivity contribution < 1.29 is 76.1 Å². The average Bonchev–Trinajstić information content (AvgIpc) is 2.89. The first-order valence-electron chi connectivity index (χ1n) is 11.7. The molecule has 4 nitrogen and oxygen atoms in total. The zero-order valence-electron chi connectivity index (χ0n) is 21.3. The van der Waals surface area contributed by atoms with Crippen molar-refractivity contribution in [3.63, 3.8) is 0 Å². The second-order valence-electron chi connectivity index (χ2n) is 9.01. The van der Waals surface area contributed by atoms with Gasteiger partial charge in [-0.05, 0) is 48.0 Å². The molecule has 18 heteroatoms. The molecule has 0 unspecified atom stereocenters. The van der Waals surface area contributed by atoms with Gasteiger partial charge in [-0.3, -0.25) is 0 Å². The normalized spacial score (nSPS) is 13.9. The molecule has 0 heterocycles. The highest BCUT2D eigenvalue weighted by Gasteiger charge is 2.58. The summed E-state index contributed by atoms with van der Waals surface area (Å²) in [5.41, 5.74) is -5.95. The zero-order chi connectivity index (χ0) is 33.3. The minimum Gasteiger partial charge on any atom is -0.489 e. The topological polar surface area (TPSA) is 41.9 Å². The lowest BCUT2D eigenvalue weighted by Crippen LogP contribution is -2.42. The third kappa shape index (κ3) is 8.57. The highest BCUT2D eigenvalue weighted by atomic mass is 19.4. The Morgan fingerprint density at radius 2 is 1.18 bits per heavy atom. The molecule has 0 aliphatic heterocycles. The van der Waals surface area contributed by atoms with Gasteiger partial charge in [0.1, 0.15) is 12.4 Å². The van der Waals surface area contributed by atoms with E-state index in [2.05, 4.69) is 0 Å². The summed E-state index contributed by atoms with van der Waals surface area (Å²) >= 11 is 0. The van der Waals surface area contributed by atoms with E-state index in [4.69, 9.17) is 9.57 Å². The van der Waals surface area contributed by atoms with Gasteiger partial charge in [0.05, 0.1) is 23.4 Å². The van der Waals surface area contributed by atoms with Gasteiger partial charge in [-0.15, -0.1) is 0 Å². The van der Waals surface area contributed by atoms with Gasteiger partial charge < -0.3 is 14.7 Å². The van der Waals surface area contributed by atoms with Crippen molar-refractivity contribution in [3.8, 4) is 11.5 Å². The Morgan fingerprint density at radius 1 is 0.636 bits per heavy atom. The van der Waals surface area contributed by atoms with Crippen LogP contribution in [0.15, 0.2) is 66.7 Å². The number of hydrogen-bond acceptors (Lipinski definition) is 4. The lowest BCUT2D eigenvalue weighted by atomic mass is 10.1. The molecule has 0 aromatic heterocycles. The Kier molecular flexibility index (Phi) is 9.58. The third-order valence-electron chi connectivity index (χ3n) is 5.64. The molecule has 3 rings (SSSR count). The van der Waals surface area contributed by atoms with E-state index in [-0.39, 0.29) is 22.9 Å². The van der Waals surface area contributed by atoms with Gasteiger partial charge in [-0.2, -0.15) is 61.5 Å². The van der Waals surface area contributed by atoms with E-state index < -0.39 is 83.6 Å². The first kappa shape index (κ1) is 34.5. The summed E-state index contributed by atoms with van der Waals surface area (Å²) in [7, 11) is 0. The van der Waals surface area contributed by atoms with E-state index in [1.165, 1.54) is 0 Å². The minimum atomic E-state index is -6.04. The molecule has 3 aromatic carbocycles. The van der Waals surface area contributed by atoms with E-state index in [0.717, 1.165) is 30.3 Å². The Bertz CT molecular complexity index is 1400. The van der Waals surface area contributed by atoms with Crippen LogP contribution in [0.4, 0.5) is 67.2 Å². The Morgan fingerprint density at radius 3 is 1.70 bits per heavy atom. The monoisotopic (exact) mass is 657 g/mol. The summed E-state index contributed by atoms with van der Waals surface area (Å²) < 4.78 is 189. The van der Waals surface area contributed by atoms with Crippen LogP contribution < -0.4 is 14.6 Å². The van der Waals surface area contributed by atoms with Gasteiger partial charge in [0.2, 0.25) is 0 Å². The highest BCUT2D eigenvalue weighted by molar-refractivity contribution is 5.50. The second kappa shape index (κ2) is 12.2. The molecule has 0 saturated carbocycles. The van der Waals surface area contributed by atoms with Crippen LogP contribution in [-0.4, -0.2) is 30.1 Å². The largest absolute Gasteiger partial charge is 0.489 e. The molecule has 0 spiro atoms. The third-order valence-corrected chi connectivity index (χ3v) is 5.64. The molecule has 0 amide bonds. The number of halogens is 14. The van der Waals surface area contributed by atoms with Crippen molar-refractivity contribution in [2.75, 3.05) is 11.6 Å². The molecule has 0 radical (unpaired) electrons. The van der Waals surface area contributed by atoms with Crippen molar-refractivity contribution in [2.45, 2.75) is 43.3 Å². The van der Waals surface area contributed by atoms with Crippen molar-refractivity contribution >= 4 is 5.69 Å². The fraction of sp³-hybridized carbons (Fsp3) is 0.308. The van der Waals surface area contributed by atoms with Gasteiger partial charge >= 0.3 is 30.6 Å². The number of aliphatic hydroxyl groups is 1. The number of hydrogen-bond donors (Lipinski definition) is 1. The van der Waals surface area contributed by atoms with Crippen LogP contribution >= 0.6 is 0 Å². The predicted molar refractivity (Wildman–Crippen MR) is 124 cm³/mol. The van der Waals surface area contributed by atoms with E-state index in [1.54, 1.807) is 0 Å². The van der Waals surface area contributed by atoms with Crippen molar-refractivity contribution in [1.29, 1.82) is 0 Å². The molecule has 0 bridgehead atoms. The summed E-state index contributed by atoms with van der Waals surface area (Å²) in [5.74, 6) is -6.57. The van der Waals surface area contributed by atoms with E-state index in [1.807, 2.05) is 0 Å². The maximum Gasteiger partial charge on any atom is 0.458 e. The van der Waals surface area contributed by atoms with Crippen LogP contribution in [0, 0.1) is 0 Å². The first-order chi connectivity index (χ1) is 20.0. The highest BCUT2D eigenvalue weighted by Crippen LogP contribution is 2.44. The van der Waals surface area contributed by atoms with Gasteiger partial charge in [-0.1, -0.05) is 18.2 Å². The number of benzene rings is 3. The zero-order valence-corrected chi connectivity index (χ0v) is 21.3. The van der Waals surface area contributed by atoms with Crippen LogP contribution in [0.3, 0.4) is 0 Å². The number of aliphatic hydroxyl groups excluding tert-OH is 1. The average molecular weight is 657 g/mol. The predicted octanol–water partition coefficient (Wildman–Crippen LogP) is 8.68. The summed E-state index contributed by atoms with van der Waals surface area (Å²) in [6, 6.07) is 6.72. The molecule has 242 valence electrons. The minimum absolute atomic E-state index is 0.120. The lowest BCUT2D eigenvalue weighted by Gasteiger charge is -2.28. The molecule has 1 N–H and O–H groups in total. The molecule has 44 heavy (non-hydrogen) atoms. The molecule has 0 aliphatic carbocycles. The van der Waals surface area contributed by atoms with Crippen LogP contribution in [0.2, 0.25) is 0 Å². The number of ether oxygens (including phenoxy) is 1. The maximum atomic E-state index is 13.8. The molecular formula is C26H17F14NO3. The Balaban J connectivity index is 1.93. The SMILES string of the molecule is O[C@@H](CN(Oc1cccc(C(F)(F)C(F)(F)F)c1)c1cccc(OCc2cc(C(F)(F)F)cc(C(F)(F)F)c2)c1)C(F)(F)F. The van der Waals surface area contributed by atoms with Gasteiger partial charge in [0.15, 0.2) is 11.9 Å². The molecule has 0 saturated heterocycles. The van der Waals surface area contributed by atoms with Gasteiger partial charge in [0, 0.05) is 11.6 Å². The summed E-state index contributed by atoms with van der Waals surface area (Å²) in [4.78, 5) is 5.11. The van der Waals surface area contributed by atoms with Crippen LogP contribution in [-0.2, 0) is 24.9 Å². The van der Waals surface area contributed by atoms with Gasteiger partial charge in [-0.25, -0.2) is 5.06 Å². The van der Waals surface area contributed by atoms with Crippen molar-refractivity contribution in [3.05, 3.63) is 89.0 Å². The van der Waals surface area contributed by atoms with Crippen LogP contribution in [0.5, 0.6) is 11.5 Å². The van der Waals surface area contributed by atoms with Crippen LogP contribution in [0.1, 0.15) is 22.3 Å². The summed E-state index contributed by atoms with van der Waals surface area (Å²) in [6.45, 7) is -2.38. The standard InChI is InChI=1S/C26H17F14NO3/c27-22(28,26(38,39)40)15-3-1-6-20(10-15)44-41(12-21(42)25(35,36)37)18-4-2-5-19(11-18)43-13-14-7-16(23(29,30)31)9-17(8-14)24(32,33)34/h1-11,21,42H,12-13H2/t21-/m0/s1. The first-order valence-corrected chi connectivity index (χ1v) is 11.7. The number of nitrogens with zero attached hydrogens (tertiary/aromatic N) is 1. The summed E-state index contributed by atoms with van der Waals surface area (Å²) in [6.07, 6.45) is -24.8. The van der Waals surface area contributed by atoms with E-state index in [9.17, 15) is 66.6 Å². The smallest absolute Gasteiger partial charge is 0.458 e. The molecule has 3 aromatic rings. The molecule has 0 aliphatic rings. The fourth-order valence-corrected chi connectivity index (χ4v) is 3.49. The quantitative estimate of drug-likeness (QED) is 0.185. The fourth-order valence-electron chi connectivity index (χ4n) is 3.49. The summed E-state index contributed by atoms with van der Waals surface area (Å²) in [5, 5.41) is 9.81. The Labute approximate surface area is 238 Å². The van der Waals surface area contributed by atoms with E-state index >= 15 is 0 Å². The van der Waals surface area contributed by atoms with Crippen LogP contribution in [0.25, 0.3) is 0 Å². The lowest BCUT2D eigenvalue weighted by molar-refractivity contribution is -0.289. The number of anilines is 1. The second-order valence-corrected chi connectivity index (χ2v) is 9.01. The number of rotatable bonds is 9. The number of hydroxylamine groups is 1. The molecule has 0 fully saturated rings. The van der Waals surface area contributed by atoms with Crippen molar-refractivity contribution in [1.82, 2.24) is 0 Å².